The third-order valence-electron chi connectivity index (χ3n) is 6.16. The Kier molecular flexibility index (Phi) is 8.48. The van der Waals surface area contributed by atoms with Crippen LogP contribution in [0, 0.1) is 11.6 Å². The first-order valence-corrected chi connectivity index (χ1v) is 12.8. The van der Waals surface area contributed by atoms with Gasteiger partial charge in [0.15, 0.2) is 17.3 Å². The predicted octanol–water partition coefficient (Wildman–Crippen LogP) is 5.63. The lowest BCUT2D eigenvalue weighted by Gasteiger charge is -2.38. The van der Waals surface area contributed by atoms with E-state index in [0.717, 1.165) is 6.07 Å². The van der Waals surface area contributed by atoms with Crippen LogP contribution in [-0.4, -0.2) is 65.4 Å². The highest BCUT2D eigenvalue weighted by molar-refractivity contribution is 6.31. The summed E-state index contributed by atoms with van der Waals surface area (Å²) in [6.07, 6.45) is 0.696. The molecular weight excluding hydrogens is 550 g/mol. The van der Waals surface area contributed by atoms with Crippen LogP contribution >= 0.6 is 11.6 Å². The molecule has 13 heteroatoms. The van der Waals surface area contributed by atoms with E-state index in [0.29, 0.717) is 28.8 Å². The van der Waals surface area contributed by atoms with E-state index in [9.17, 15) is 18.4 Å². The fourth-order valence-corrected chi connectivity index (χ4v) is 4.45. The van der Waals surface area contributed by atoms with E-state index >= 15 is 0 Å². The summed E-state index contributed by atoms with van der Waals surface area (Å²) in [5.74, 6) is -1.57. The van der Waals surface area contributed by atoms with Crippen molar-refractivity contribution in [2.75, 3.05) is 26.1 Å². The molecule has 1 N–H and O–H groups in total. The van der Waals surface area contributed by atoms with E-state index in [-0.39, 0.29) is 24.5 Å². The van der Waals surface area contributed by atoms with Crippen molar-refractivity contribution in [1.82, 2.24) is 14.9 Å². The predicted molar refractivity (Wildman–Crippen MR) is 143 cm³/mol. The number of ether oxygens (including phenoxy) is 4. The number of rotatable bonds is 6. The smallest absolute Gasteiger partial charge is 0.411 e. The number of methoxy groups -OCH3 is 2. The number of aromatic nitrogens is 2. The zero-order valence-corrected chi connectivity index (χ0v) is 23.3. The third kappa shape index (κ3) is 6.27. The number of hydrogen-bond acceptors (Lipinski definition) is 9. The number of nitrogens with zero attached hydrogens (tertiary/aromatic N) is 3. The number of carbonyl (C=O) groups excluding carboxylic acids is 2. The summed E-state index contributed by atoms with van der Waals surface area (Å²) in [6.45, 7) is 5.42. The van der Waals surface area contributed by atoms with E-state index in [4.69, 9.17) is 30.5 Å². The lowest BCUT2D eigenvalue weighted by Crippen LogP contribution is -2.53. The zero-order chi connectivity index (χ0) is 29.2. The van der Waals surface area contributed by atoms with Gasteiger partial charge in [0.25, 0.3) is 0 Å². The van der Waals surface area contributed by atoms with Crippen LogP contribution < -0.4 is 14.8 Å². The molecule has 2 heterocycles. The number of esters is 1. The number of nitrogens with one attached hydrogen (secondary N) is 1. The van der Waals surface area contributed by atoms with E-state index in [1.165, 1.54) is 31.5 Å². The molecule has 1 saturated heterocycles. The maximum absolute atomic E-state index is 14.6. The average molecular weight is 579 g/mol. The van der Waals surface area contributed by atoms with Crippen LogP contribution in [0.4, 0.5) is 25.1 Å². The SMILES string of the molecule is COC(=O)[C@@H]1C[C@@H](Oc2cc3c(Nc4ccc(F)c(Cl)c4F)ncnc3cc2OC)CCN1C(=O)OC(C)(C)C. The standard InChI is InChI=1S/C27H29ClF2N4O6/c1-27(2,3)40-26(36)34-9-8-14(10-19(34)25(35)38-5)39-21-11-15-18(12-20(21)37-4)31-13-32-24(15)33-17-7-6-16(29)22(28)23(17)30/h6-7,11-14,19H,8-10H2,1-5H3,(H,31,32,33)/t14-,19-/m0/s1. The maximum atomic E-state index is 14.6. The van der Waals surface area contributed by atoms with Crippen LogP contribution in [0.15, 0.2) is 30.6 Å². The molecule has 1 aliphatic heterocycles. The Hall–Kier alpha value is -3.93. The molecule has 0 unspecified atom stereocenters. The largest absolute Gasteiger partial charge is 0.493 e. The molecular formula is C27H29ClF2N4O6. The van der Waals surface area contributed by atoms with Crippen molar-refractivity contribution < 1.29 is 37.3 Å². The van der Waals surface area contributed by atoms with Gasteiger partial charge in [0.2, 0.25) is 0 Å². The molecule has 10 nitrogen and oxygen atoms in total. The fourth-order valence-electron chi connectivity index (χ4n) is 4.28. The minimum Gasteiger partial charge on any atom is -0.493 e. The van der Waals surface area contributed by atoms with Crippen LogP contribution in [0.1, 0.15) is 33.6 Å². The van der Waals surface area contributed by atoms with Crippen molar-refractivity contribution in [3.05, 3.63) is 47.2 Å². The Morgan fingerprint density at radius 3 is 2.55 bits per heavy atom. The molecule has 1 aliphatic rings. The summed E-state index contributed by atoms with van der Waals surface area (Å²) in [4.78, 5) is 35.2. The first kappa shape index (κ1) is 29.1. The second-order valence-electron chi connectivity index (χ2n) is 10.1. The van der Waals surface area contributed by atoms with Crippen LogP contribution in [0.5, 0.6) is 11.5 Å². The molecule has 3 aromatic rings. The fraction of sp³-hybridized carbons (Fsp3) is 0.407. The van der Waals surface area contributed by atoms with Gasteiger partial charge >= 0.3 is 12.1 Å². The number of fused-ring (bicyclic) bond motifs is 1. The van der Waals surface area contributed by atoms with Crippen molar-refractivity contribution in [2.24, 2.45) is 0 Å². The second kappa shape index (κ2) is 11.7. The number of likely N-dealkylation sites (tertiary alicyclic amines) is 1. The van der Waals surface area contributed by atoms with Crippen molar-refractivity contribution >= 4 is 46.1 Å². The highest BCUT2D eigenvalue weighted by Crippen LogP contribution is 2.37. The van der Waals surface area contributed by atoms with Gasteiger partial charge in [0.1, 0.15) is 40.7 Å². The summed E-state index contributed by atoms with van der Waals surface area (Å²) < 4.78 is 50.4. The zero-order valence-electron chi connectivity index (χ0n) is 22.6. The Morgan fingerprint density at radius 2 is 1.88 bits per heavy atom. The van der Waals surface area contributed by atoms with E-state index in [1.807, 2.05) is 0 Å². The molecule has 0 saturated carbocycles. The Balaban J connectivity index is 1.62. The van der Waals surface area contributed by atoms with Crippen LogP contribution in [-0.2, 0) is 14.3 Å². The maximum Gasteiger partial charge on any atom is 0.411 e. The molecule has 0 spiro atoms. The quantitative estimate of drug-likeness (QED) is 0.293. The highest BCUT2D eigenvalue weighted by Gasteiger charge is 2.40. The molecule has 2 atom stereocenters. The molecule has 0 bridgehead atoms. The molecule has 1 aromatic heterocycles. The summed E-state index contributed by atoms with van der Waals surface area (Å²) in [5.41, 5.74) is -0.359. The van der Waals surface area contributed by atoms with Crippen molar-refractivity contribution in [2.45, 2.75) is 51.4 Å². The molecule has 0 aliphatic carbocycles. The monoisotopic (exact) mass is 578 g/mol. The molecule has 2 aromatic carbocycles. The molecule has 1 amide bonds. The average Bonchev–Trinajstić information content (AvgIpc) is 2.91. The van der Waals surface area contributed by atoms with Gasteiger partial charge in [-0.3, -0.25) is 4.90 Å². The number of anilines is 2. The second-order valence-corrected chi connectivity index (χ2v) is 10.4. The van der Waals surface area contributed by atoms with E-state index in [2.05, 4.69) is 15.3 Å². The van der Waals surface area contributed by atoms with Gasteiger partial charge in [-0.25, -0.2) is 28.3 Å². The van der Waals surface area contributed by atoms with Gasteiger partial charge < -0.3 is 24.3 Å². The molecule has 0 radical (unpaired) electrons. The van der Waals surface area contributed by atoms with Crippen molar-refractivity contribution in [3.63, 3.8) is 0 Å². The highest BCUT2D eigenvalue weighted by atomic mass is 35.5. The Bertz CT molecular complexity index is 1430. The summed E-state index contributed by atoms with van der Waals surface area (Å²) in [7, 11) is 2.71. The number of amides is 1. The third-order valence-corrected chi connectivity index (χ3v) is 6.50. The van der Waals surface area contributed by atoms with E-state index < -0.39 is 46.5 Å². The van der Waals surface area contributed by atoms with Crippen molar-refractivity contribution in [1.29, 1.82) is 0 Å². The number of benzene rings is 2. The summed E-state index contributed by atoms with van der Waals surface area (Å²) in [6, 6.07) is 4.57. The molecule has 1 fully saturated rings. The van der Waals surface area contributed by atoms with Gasteiger partial charge in [-0.15, -0.1) is 0 Å². The Morgan fingerprint density at radius 1 is 1.12 bits per heavy atom. The number of carbonyl (C=O) groups is 2. The number of piperidine rings is 1. The minimum absolute atomic E-state index is 0.0832. The number of halogens is 3. The lowest BCUT2D eigenvalue weighted by molar-refractivity contribution is -0.149. The first-order valence-electron chi connectivity index (χ1n) is 12.4. The minimum atomic E-state index is -0.969. The first-order chi connectivity index (χ1) is 18.9. The van der Waals surface area contributed by atoms with Crippen LogP contribution in [0.25, 0.3) is 10.9 Å². The van der Waals surface area contributed by atoms with Gasteiger partial charge in [-0.2, -0.15) is 0 Å². The van der Waals surface area contributed by atoms with Crippen LogP contribution in [0.2, 0.25) is 5.02 Å². The number of hydrogen-bond donors (Lipinski definition) is 1. The van der Waals surface area contributed by atoms with Crippen molar-refractivity contribution in [3.8, 4) is 11.5 Å². The summed E-state index contributed by atoms with van der Waals surface area (Å²) >= 11 is 5.72. The summed E-state index contributed by atoms with van der Waals surface area (Å²) in [5, 5.41) is 2.63. The van der Waals surface area contributed by atoms with E-state index in [1.54, 1.807) is 32.9 Å². The molecule has 4 rings (SSSR count). The molecule has 40 heavy (non-hydrogen) atoms. The normalized spacial score (nSPS) is 17.4. The lowest BCUT2D eigenvalue weighted by atomic mass is 9.99. The van der Waals surface area contributed by atoms with Gasteiger partial charge in [-0.05, 0) is 39.0 Å². The van der Waals surface area contributed by atoms with Gasteiger partial charge in [0, 0.05) is 30.8 Å². The van der Waals surface area contributed by atoms with Gasteiger partial charge in [-0.1, -0.05) is 11.6 Å². The Labute approximate surface area is 234 Å². The topological polar surface area (TPSA) is 112 Å². The van der Waals surface area contributed by atoms with Crippen LogP contribution in [0.3, 0.4) is 0 Å². The molecule has 214 valence electrons. The van der Waals surface area contributed by atoms with Gasteiger partial charge in [0.05, 0.1) is 25.4 Å².